The number of aliphatic carboxylic acids is 1. The van der Waals surface area contributed by atoms with Gasteiger partial charge in [-0.05, 0) is 38.2 Å². The van der Waals surface area contributed by atoms with Gasteiger partial charge < -0.3 is 5.11 Å². The Morgan fingerprint density at radius 1 is 1.50 bits per heavy atom. The van der Waals surface area contributed by atoms with Crippen molar-refractivity contribution in [3.8, 4) is 0 Å². The maximum atomic E-state index is 11.2. The third kappa shape index (κ3) is 3.14. The van der Waals surface area contributed by atoms with E-state index >= 15 is 0 Å². The number of benzene rings is 1. The zero-order valence-electron chi connectivity index (χ0n) is 11.5. The zero-order valence-corrected chi connectivity index (χ0v) is 11.5. The number of rotatable bonds is 6. The molecule has 2 atom stereocenters. The maximum absolute atomic E-state index is 11.2. The molecule has 1 saturated carbocycles. The molecule has 0 spiro atoms. The quantitative estimate of drug-likeness (QED) is 0.615. The van der Waals surface area contributed by atoms with E-state index in [2.05, 4.69) is 5.32 Å². The highest BCUT2D eigenvalue weighted by molar-refractivity contribution is 5.74. The van der Waals surface area contributed by atoms with Crippen molar-refractivity contribution in [1.29, 1.82) is 0 Å². The summed E-state index contributed by atoms with van der Waals surface area (Å²) in [5.74, 6) is -0.684. The number of carbonyl (C=O) groups is 1. The fourth-order valence-electron chi connectivity index (χ4n) is 2.30. The van der Waals surface area contributed by atoms with Gasteiger partial charge in [-0.3, -0.25) is 20.2 Å². The SMILES string of the molecule is Cc1ccc(C(C)NC(C(=O)O)C2CC2)cc1[N+](=O)[O-]. The first kappa shape index (κ1) is 14.5. The molecule has 1 fully saturated rings. The van der Waals surface area contributed by atoms with E-state index in [9.17, 15) is 20.0 Å². The van der Waals surface area contributed by atoms with E-state index < -0.39 is 16.9 Å². The number of nitrogens with one attached hydrogen (secondary N) is 1. The lowest BCUT2D eigenvalue weighted by atomic mass is 10.0. The Balaban J connectivity index is 2.16. The van der Waals surface area contributed by atoms with Crippen LogP contribution in [0.2, 0.25) is 0 Å². The second-order valence-electron chi connectivity index (χ2n) is 5.34. The van der Waals surface area contributed by atoms with Gasteiger partial charge in [0, 0.05) is 17.7 Å². The summed E-state index contributed by atoms with van der Waals surface area (Å²) in [6, 6.07) is 4.18. The van der Waals surface area contributed by atoms with Crippen LogP contribution in [0, 0.1) is 23.0 Å². The van der Waals surface area contributed by atoms with Gasteiger partial charge in [-0.2, -0.15) is 0 Å². The molecule has 20 heavy (non-hydrogen) atoms. The predicted molar refractivity (Wildman–Crippen MR) is 73.5 cm³/mol. The molecule has 0 heterocycles. The number of hydrogen-bond acceptors (Lipinski definition) is 4. The van der Waals surface area contributed by atoms with Gasteiger partial charge in [-0.15, -0.1) is 0 Å². The molecule has 0 bridgehead atoms. The summed E-state index contributed by atoms with van der Waals surface area (Å²) in [5.41, 5.74) is 1.39. The second-order valence-corrected chi connectivity index (χ2v) is 5.34. The van der Waals surface area contributed by atoms with E-state index in [0.717, 1.165) is 18.4 Å². The molecule has 1 aromatic rings. The van der Waals surface area contributed by atoms with Gasteiger partial charge in [-0.1, -0.05) is 12.1 Å². The van der Waals surface area contributed by atoms with Crippen LogP contribution in [0.15, 0.2) is 18.2 Å². The highest BCUT2D eigenvalue weighted by atomic mass is 16.6. The lowest BCUT2D eigenvalue weighted by Gasteiger charge is -2.20. The van der Waals surface area contributed by atoms with Gasteiger partial charge in [0.2, 0.25) is 0 Å². The van der Waals surface area contributed by atoms with Crippen molar-refractivity contribution in [1.82, 2.24) is 5.32 Å². The molecular weight excluding hydrogens is 260 g/mol. The van der Waals surface area contributed by atoms with Crippen LogP contribution >= 0.6 is 0 Å². The average molecular weight is 278 g/mol. The van der Waals surface area contributed by atoms with E-state index in [0.29, 0.717) is 5.56 Å². The number of nitro groups is 1. The first-order valence-corrected chi connectivity index (χ1v) is 6.64. The molecule has 6 nitrogen and oxygen atoms in total. The molecule has 0 aromatic heterocycles. The molecule has 1 aromatic carbocycles. The lowest BCUT2D eigenvalue weighted by Crippen LogP contribution is -2.40. The van der Waals surface area contributed by atoms with Gasteiger partial charge in [0.1, 0.15) is 6.04 Å². The van der Waals surface area contributed by atoms with Crippen LogP contribution in [0.25, 0.3) is 0 Å². The molecule has 108 valence electrons. The molecule has 0 aliphatic heterocycles. The molecule has 0 amide bonds. The average Bonchev–Trinajstić information content (AvgIpc) is 3.19. The van der Waals surface area contributed by atoms with Crippen LogP contribution in [0.4, 0.5) is 5.69 Å². The predicted octanol–water partition coefficient (Wildman–Crippen LogP) is 2.42. The molecule has 0 saturated heterocycles. The number of carboxylic acids is 1. The fraction of sp³-hybridized carbons (Fsp3) is 0.500. The van der Waals surface area contributed by atoms with Crippen LogP contribution in [0.3, 0.4) is 0 Å². The minimum absolute atomic E-state index is 0.0643. The van der Waals surface area contributed by atoms with Crippen molar-refractivity contribution in [2.24, 2.45) is 5.92 Å². The standard InChI is InChI=1S/C14H18N2O4/c1-8-3-4-11(7-12(8)16(19)20)9(2)15-13(14(17)18)10-5-6-10/h3-4,7,9-10,13,15H,5-6H2,1-2H3,(H,17,18). The maximum Gasteiger partial charge on any atom is 0.320 e. The third-order valence-corrected chi connectivity index (χ3v) is 3.72. The Morgan fingerprint density at radius 3 is 2.65 bits per heavy atom. The summed E-state index contributed by atoms with van der Waals surface area (Å²) in [4.78, 5) is 21.7. The molecule has 2 N–H and O–H groups in total. The third-order valence-electron chi connectivity index (χ3n) is 3.72. The van der Waals surface area contributed by atoms with E-state index in [1.165, 1.54) is 6.07 Å². The summed E-state index contributed by atoms with van der Waals surface area (Å²) >= 11 is 0. The fourth-order valence-corrected chi connectivity index (χ4v) is 2.30. The highest BCUT2D eigenvalue weighted by Gasteiger charge is 2.37. The van der Waals surface area contributed by atoms with Crippen LogP contribution in [0.5, 0.6) is 0 Å². The largest absolute Gasteiger partial charge is 0.480 e. The lowest BCUT2D eigenvalue weighted by molar-refractivity contribution is -0.385. The smallest absolute Gasteiger partial charge is 0.320 e. The summed E-state index contributed by atoms with van der Waals surface area (Å²) < 4.78 is 0. The Bertz CT molecular complexity index is 540. The Hall–Kier alpha value is -1.95. The monoisotopic (exact) mass is 278 g/mol. The van der Waals surface area contributed by atoms with Crippen LogP contribution in [-0.2, 0) is 4.79 Å². The normalized spacial score (nSPS) is 17.5. The Kier molecular flexibility index (Phi) is 4.04. The van der Waals surface area contributed by atoms with Gasteiger partial charge >= 0.3 is 5.97 Å². The van der Waals surface area contributed by atoms with Crippen molar-refractivity contribution < 1.29 is 14.8 Å². The summed E-state index contributed by atoms with van der Waals surface area (Å²) in [7, 11) is 0. The molecule has 0 radical (unpaired) electrons. The van der Waals surface area contributed by atoms with Gasteiger partial charge in [0.25, 0.3) is 5.69 Å². The summed E-state index contributed by atoms with van der Waals surface area (Å²) in [6.45, 7) is 3.51. The Morgan fingerprint density at radius 2 is 2.15 bits per heavy atom. The highest BCUT2D eigenvalue weighted by Crippen LogP contribution is 2.34. The van der Waals surface area contributed by atoms with Crippen molar-refractivity contribution >= 4 is 11.7 Å². The first-order valence-electron chi connectivity index (χ1n) is 6.64. The van der Waals surface area contributed by atoms with Crippen molar-refractivity contribution in [2.75, 3.05) is 0 Å². The van der Waals surface area contributed by atoms with Crippen molar-refractivity contribution in [3.63, 3.8) is 0 Å². The van der Waals surface area contributed by atoms with Crippen molar-refractivity contribution in [3.05, 3.63) is 39.4 Å². The molecule has 1 aliphatic rings. The zero-order chi connectivity index (χ0) is 14.9. The van der Waals surface area contributed by atoms with Crippen LogP contribution in [0.1, 0.15) is 36.9 Å². The van der Waals surface area contributed by atoms with Gasteiger partial charge in [-0.25, -0.2) is 0 Å². The van der Waals surface area contributed by atoms with E-state index in [1.807, 2.05) is 6.92 Å². The molecule has 1 aliphatic carbocycles. The first-order chi connectivity index (χ1) is 9.40. The van der Waals surface area contributed by atoms with E-state index in [1.54, 1.807) is 19.1 Å². The van der Waals surface area contributed by atoms with Crippen LogP contribution in [-0.4, -0.2) is 22.0 Å². The Labute approximate surface area is 117 Å². The van der Waals surface area contributed by atoms with E-state index in [-0.39, 0.29) is 17.6 Å². The summed E-state index contributed by atoms with van der Waals surface area (Å²) in [6.07, 6.45) is 1.84. The minimum Gasteiger partial charge on any atom is -0.480 e. The number of carboxylic acid groups (broad SMARTS) is 1. The molecule has 6 heteroatoms. The van der Waals surface area contributed by atoms with Crippen LogP contribution < -0.4 is 5.32 Å². The minimum atomic E-state index is -0.860. The van der Waals surface area contributed by atoms with E-state index in [4.69, 9.17) is 0 Å². The molecular formula is C14H18N2O4. The summed E-state index contributed by atoms with van der Waals surface area (Å²) in [5, 5.41) is 23.2. The molecule has 2 rings (SSSR count). The number of nitro benzene ring substituents is 1. The van der Waals surface area contributed by atoms with Crippen molar-refractivity contribution in [2.45, 2.75) is 38.8 Å². The second kappa shape index (κ2) is 5.58. The topological polar surface area (TPSA) is 92.5 Å². The van der Waals surface area contributed by atoms with Gasteiger partial charge in [0.15, 0.2) is 0 Å². The number of hydrogen-bond donors (Lipinski definition) is 2. The number of nitrogens with zero attached hydrogens (tertiary/aromatic N) is 1. The van der Waals surface area contributed by atoms with Gasteiger partial charge in [0.05, 0.1) is 4.92 Å². The number of aryl methyl sites for hydroxylation is 1. The molecule has 2 unspecified atom stereocenters.